The van der Waals surface area contributed by atoms with Gasteiger partial charge in [-0.05, 0) is 12.1 Å². The summed E-state index contributed by atoms with van der Waals surface area (Å²) in [5.74, 6) is -0.101. The largest absolute Gasteiger partial charge is 0.483 e. The third-order valence-electron chi connectivity index (χ3n) is 2.44. The number of benzene rings is 1. The van der Waals surface area contributed by atoms with E-state index in [1.165, 1.54) is 14.0 Å². The van der Waals surface area contributed by atoms with E-state index in [1.807, 2.05) is 0 Å². The average Bonchev–Trinajstić information content (AvgIpc) is 2.94. The van der Waals surface area contributed by atoms with Gasteiger partial charge in [-0.1, -0.05) is 17.3 Å². The van der Waals surface area contributed by atoms with Gasteiger partial charge in [0.25, 0.3) is 0 Å². The van der Waals surface area contributed by atoms with Crippen LogP contribution in [0.3, 0.4) is 0 Å². The zero-order chi connectivity index (χ0) is 15.2. The molecule has 1 heterocycles. The van der Waals surface area contributed by atoms with E-state index >= 15 is 0 Å². The smallest absolute Gasteiger partial charge is 0.316 e. The summed E-state index contributed by atoms with van der Waals surface area (Å²) in [6, 6.07) is 6.96. The van der Waals surface area contributed by atoms with Crippen LogP contribution in [0.25, 0.3) is 0 Å². The number of hydrogen-bond acceptors (Lipinski definition) is 6. The summed E-state index contributed by atoms with van der Waals surface area (Å²) < 4.78 is 10.3. The summed E-state index contributed by atoms with van der Waals surface area (Å²) in [6.45, 7) is 1.42. The molecule has 0 bridgehead atoms. The van der Waals surface area contributed by atoms with Gasteiger partial charge in [-0.3, -0.25) is 9.59 Å². The zero-order valence-electron chi connectivity index (χ0n) is 11.5. The van der Waals surface area contributed by atoms with Gasteiger partial charge >= 0.3 is 11.8 Å². The van der Waals surface area contributed by atoms with Gasteiger partial charge in [-0.25, -0.2) is 0 Å². The molecule has 8 nitrogen and oxygen atoms in total. The SMILES string of the molecule is CNC(=O)c1nc(COc2ccccc2NC(C)=O)no1. The Morgan fingerprint density at radius 3 is 2.81 bits per heavy atom. The normalized spacial score (nSPS) is 10.0. The number of para-hydroxylation sites is 2. The molecule has 0 saturated carbocycles. The predicted molar refractivity (Wildman–Crippen MR) is 72.8 cm³/mol. The molecule has 0 saturated heterocycles. The number of hydrogen-bond donors (Lipinski definition) is 2. The van der Waals surface area contributed by atoms with Gasteiger partial charge in [-0.2, -0.15) is 4.98 Å². The number of nitrogens with one attached hydrogen (secondary N) is 2. The molecule has 2 rings (SSSR count). The topological polar surface area (TPSA) is 106 Å². The highest BCUT2D eigenvalue weighted by atomic mass is 16.5. The Balaban J connectivity index is 2.04. The standard InChI is InChI=1S/C13H14N4O4/c1-8(18)15-9-5-3-4-6-10(9)20-7-11-16-13(21-17-11)12(19)14-2/h3-6H,7H2,1-2H3,(H,14,19)(H,15,18). The van der Waals surface area contributed by atoms with Gasteiger partial charge in [0.1, 0.15) is 5.75 Å². The number of ether oxygens (including phenoxy) is 1. The molecule has 2 amide bonds. The Hall–Kier alpha value is -2.90. The number of carbonyl (C=O) groups excluding carboxylic acids is 2. The van der Waals surface area contributed by atoms with Gasteiger partial charge in [0.05, 0.1) is 5.69 Å². The predicted octanol–water partition coefficient (Wildman–Crippen LogP) is 0.967. The lowest BCUT2D eigenvalue weighted by atomic mass is 10.3. The van der Waals surface area contributed by atoms with Crippen molar-refractivity contribution in [1.82, 2.24) is 15.5 Å². The lowest BCUT2D eigenvalue weighted by molar-refractivity contribution is -0.114. The minimum absolute atomic E-state index is 0.0110. The van der Waals surface area contributed by atoms with E-state index in [0.29, 0.717) is 11.4 Å². The molecule has 0 aliphatic heterocycles. The monoisotopic (exact) mass is 290 g/mol. The maximum Gasteiger partial charge on any atom is 0.316 e. The molecule has 0 fully saturated rings. The van der Waals surface area contributed by atoms with Crippen LogP contribution in [0.4, 0.5) is 5.69 Å². The molecule has 21 heavy (non-hydrogen) atoms. The molecular formula is C13H14N4O4. The van der Waals surface area contributed by atoms with E-state index in [1.54, 1.807) is 24.3 Å². The van der Waals surface area contributed by atoms with Crippen molar-refractivity contribution in [2.75, 3.05) is 12.4 Å². The quantitative estimate of drug-likeness (QED) is 0.849. The first-order valence-corrected chi connectivity index (χ1v) is 6.14. The molecule has 1 aromatic heterocycles. The zero-order valence-corrected chi connectivity index (χ0v) is 11.5. The minimum Gasteiger partial charge on any atom is -0.483 e. The molecule has 110 valence electrons. The first-order valence-electron chi connectivity index (χ1n) is 6.14. The van der Waals surface area contributed by atoms with Crippen molar-refractivity contribution in [3.05, 3.63) is 36.0 Å². The van der Waals surface area contributed by atoms with E-state index < -0.39 is 5.91 Å². The lowest BCUT2D eigenvalue weighted by Gasteiger charge is -2.09. The number of aromatic nitrogens is 2. The molecular weight excluding hydrogens is 276 g/mol. The highest BCUT2D eigenvalue weighted by Crippen LogP contribution is 2.24. The number of nitrogens with zero attached hydrogens (tertiary/aromatic N) is 2. The Bertz CT molecular complexity index is 653. The van der Waals surface area contributed by atoms with Crippen molar-refractivity contribution in [1.29, 1.82) is 0 Å². The molecule has 0 aliphatic rings. The van der Waals surface area contributed by atoms with E-state index in [0.717, 1.165) is 0 Å². The van der Waals surface area contributed by atoms with Crippen LogP contribution in [0.15, 0.2) is 28.8 Å². The first-order chi connectivity index (χ1) is 10.1. The maximum atomic E-state index is 11.3. The summed E-state index contributed by atoms with van der Waals surface area (Å²) in [6.07, 6.45) is 0. The highest BCUT2D eigenvalue weighted by molar-refractivity contribution is 5.90. The summed E-state index contributed by atoms with van der Waals surface area (Å²) in [5, 5.41) is 8.66. The van der Waals surface area contributed by atoms with Crippen molar-refractivity contribution in [3.8, 4) is 5.75 Å². The fourth-order valence-corrected chi connectivity index (χ4v) is 1.54. The Kier molecular flexibility index (Phi) is 4.50. The van der Waals surface area contributed by atoms with E-state index in [9.17, 15) is 9.59 Å². The van der Waals surface area contributed by atoms with Crippen LogP contribution in [0.5, 0.6) is 5.75 Å². The molecule has 8 heteroatoms. The molecule has 0 radical (unpaired) electrons. The van der Waals surface area contributed by atoms with Gasteiger partial charge in [0, 0.05) is 14.0 Å². The van der Waals surface area contributed by atoms with Gasteiger partial charge in [0.15, 0.2) is 6.61 Å². The highest BCUT2D eigenvalue weighted by Gasteiger charge is 2.14. The summed E-state index contributed by atoms with van der Waals surface area (Å²) in [5.41, 5.74) is 0.542. The van der Waals surface area contributed by atoms with Crippen molar-refractivity contribution in [3.63, 3.8) is 0 Å². The van der Waals surface area contributed by atoms with Gasteiger partial charge < -0.3 is 19.9 Å². The molecule has 2 aromatic rings. The molecule has 0 atom stereocenters. The average molecular weight is 290 g/mol. The van der Waals surface area contributed by atoms with Crippen LogP contribution in [0, 0.1) is 0 Å². The second-order valence-corrected chi connectivity index (χ2v) is 4.06. The Morgan fingerprint density at radius 1 is 1.33 bits per heavy atom. The molecule has 0 unspecified atom stereocenters. The maximum absolute atomic E-state index is 11.3. The Morgan fingerprint density at radius 2 is 2.10 bits per heavy atom. The van der Waals surface area contributed by atoms with Crippen LogP contribution in [0.1, 0.15) is 23.4 Å². The number of amides is 2. The van der Waals surface area contributed by atoms with Crippen molar-refractivity contribution >= 4 is 17.5 Å². The van der Waals surface area contributed by atoms with Crippen LogP contribution in [-0.4, -0.2) is 29.0 Å². The second kappa shape index (κ2) is 6.51. The number of carbonyl (C=O) groups is 2. The van der Waals surface area contributed by atoms with Crippen LogP contribution in [0.2, 0.25) is 0 Å². The molecule has 0 aliphatic carbocycles. The third-order valence-corrected chi connectivity index (χ3v) is 2.44. The lowest BCUT2D eigenvalue weighted by Crippen LogP contribution is -2.18. The molecule has 0 spiro atoms. The van der Waals surface area contributed by atoms with Crippen molar-refractivity contribution in [2.24, 2.45) is 0 Å². The first kappa shape index (κ1) is 14.5. The fraction of sp³-hybridized carbons (Fsp3) is 0.231. The summed E-state index contributed by atoms with van der Waals surface area (Å²) in [4.78, 5) is 26.3. The van der Waals surface area contributed by atoms with Crippen LogP contribution in [-0.2, 0) is 11.4 Å². The van der Waals surface area contributed by atoms with Gasteiger partial charge in [-0.15, -0.1) is 0 Å². The van der Waals surface area contributed by atoms with Crippen LogP contribution < -0.4 is 15.4 Å². The molecule has 2 N–H and O–H groups in total. The summed E-state index contributed by atoms with van der Waals surface area (Å²) in [7, 11) is 1.46. The second-order valence-electron chi connectivity index (χ2n) is 4.06. The van der Waals surface area contributed by atoms with E-state index in [4.69, 9.17) is 9.26 Å². The third kappa shape index (κ3) is 3.78. The molecule has 1 aromatic carbocycles. The van der Waals surface area contributed by atoms with Crippen LogP contribution >= 0.6 is 0 Å². The Labute approximate surface area is 120 Å². The van der Waals surface area contributed by atoms with Crippen molar-refractivity contribution in [2.45, 2.75) is 13.5 Å². The summed E-state index contributed by atoms with van der Waals surface area (Å²) >= 11 is 0. The van der Waals surface area contributed by atoms with Gasteiger partial charge in [0.2, 0.25) is 11.7 Å². The fourth-order valence-electron chi connectivity index (χ4n) is 1.54. The number of rotatable bonds is 5. The van der Waals surface area contributed by atoms with E-state index in [-0.39, 0.29) is 24.2 Å². The van der Waals surface area contributed by atoms with Crippen molar-refractivity contribution < 1.29 is 18.8 Å². The number of anilines is 1. The minimum atomic E-state index is -0.465. The van der Waals surface area contributed by atoms with E-state index in [2.05, 4.69) is 20.8 Å².